The van der Waals surface area contributed by atoms with Crippen LogP contribution in [-0.4, -0.2) is 27.2 Å². The molecule has 0 aliphatic rings. The van der Waals surface area contributed by atoms with Gasteiger partial charge in [-0.1, -0.05) is 30.3 Å². The second-order valence-corrected chi connectivity index (χ2v) is 6.57. The highest BCUT2D eigenvalue weighted by molar-refractivity contribution is 5.91. The molecule has 0 saturated heterocycles. The minimum absolute atomic E-state index is 0.219. The monoisotopic (exact) mass is 419 g/mol. The molecule has 6 nitrogen and oxygen atoms in total. The average Bonchev–Trinajstić information content (AvgIpc) is 2.81. The first-order valence-electron chi connectivity index (χ1n) is 9.70. The summed E-state index contributed by atoms with van der Waals surface area (Å²) in [5.41, 5.74) is 1.69. The number of methoxy groups -OCH3 is 3. The van der Waals surface area contributed by atoms with Gasteiger partial charge in [-0.15, -0.1) is 0 Å². The van der Waals surface area contributed by atoms with Gasteiger partial charge in [-0.2, -0.15) is 0 Å². The Hall–Kier alpha value is -3.93. The zero-order valence-corrected chi connectivity index (χ0v) is 17.8. The van der Waals surface area contributed by atoms with Crippen molar-refractivity contribution in [3.63, 3.8) is 0 Å². The average molecular weight is 419 g/mol. The molecule has 3 aromatic carbocycles. The molecule has 0 aromatic heterocycles. The van der Waals surface area contributed by atoms with Crippen LogP contribution in [0.25, 0.3) is 6.08 Å². The smallest absolute Gasteiger partial charge is 0.244 e. The first-order valence-corrected chi connectivity index (χ1v) is 9.70. The number of ether oxygens (including phenoxy) is 4. The maximum Gasteiger partial charge on any atom is 0.244 e. The van der Waals surface area contributed by atoms with E-state index in [1.54, 1.807) is 39.5 Å². The van der Waals surface area contributed by atoms with Gasteiger partial charge in [0.05, 0.1) is 21.3 Å². The normalized spacial score (nSPS) is 10.5. The van der Waals surface area contributed by atoms with Crippen molar-refractivity contribution in [3.05, 3.63) is 83.9 Å². The highest BCUT2D eigenvalue weighted by atomic mass is 16.5. The molecule has 0 fully saturated rings. The van der Waals surface area contributed by atoms with E-state index in [1.807, 2.05) is 54.6 Å². The Morgan fingerprint density at radius 2 is 1.52 bits per heavy atom. The number of benzene rings is 3. The van der Waals surface area contributed by atoms with Gasteiger partial charge in [0, 0.05) is 12.6 Å². The van der Waals surface area contributed by atoms with Crippen molar-refractivity contribution in [2.24, 2.45) is 0 Å². The van der Waals surface area contributed by atoms with Crippen LogP contribution in [0, 0.1) is 0 Å². The van der Waals surface area contributed by atoms with Crippen molar-refractivity contribution < 1.29 is 23.7 Å². The van der Waals surface area contributed by atoms with E-state index in [4.69, 9.17) is 18.9 Å². The number of hydrogen-bond acceptors (Lipinski definition) is 5. The number of rotatable bonds is 9. The van der Waals surface area contributed by atoms with Crippen molar-refractivity contribution in [2.45, 2.75) is 6.54 Å². The summed E-state index contributed by atoms with van der Waals surface area (Å²) < 4.78 is 21.8. The zero-order chi connectivity index (χ0) is 22.1. The summed E-state index contributed by atoms with van der Waals surface area (Å²) in [6.45, 7) is 0.317. The standard InChI is InChI=1S/C25H25NO5/c1-28-22-15-19(16-23(29-2)25(22)30-3)17-26-24(27)13-12-18-8-7-11-21(14-18)31-20-9-5-4-6-10-20/h4-16H,17H2,1-3H3,(H,26,27)/b13-12+. The minimum Gasteiger partial charge on any atom is -0.493 e. The fourth-order valence-electron chi connectivity index (χ4n) is 2.96. The Kier molecular flexibility index (Phi) is 7.54. The van der Waals surface area contributed by atoms with Gasteiger partial charge in [-0.25, -0.2) is 0 Å². The van der Waals surface area contributed by atoms with E-state index in [-0.39, 0.29) is 5.91 Å². The van der Waals surface area contributed by atoms with Crippen molar-refractivity contribution in [3.8, 4) is 28.7 Å². The lowest BCUT2D eigenvalue weighted by Crippen LogP contribution is -2.20. The second-order valence-electron chi connectivity index (χ2n) is 6.57. The maximum absolute atomic E-state index is 12.3. The SMILES string of the molecule is COc1cc(CNC(=O)/C=C/c2cccc(Oc3ccccc3)c2)cc(OC)c1OC. The van der Waals surface area contributed by atoms with Crippen LogP contribution >= 0.6 is 0 Å². The molecule has 1 amide bonds. The predicted octanol–water partition coefficient (Wildman–Crippen LogP) is 4.83. The summed E-state index contributed by atoms with van der Waals surface area (Å²) in [6.07, 6.45) is 3.22. The van der Waals surface area contributed by atoms with Gasteiger partial charge in [0.25, 0.3) is 0 Å². The molecule has 0 spiro atoms. The highest BCUT2D eigenvalue weighted by Crippen LogP contribution is 2.38. The molecule has 0 unspecified atom stereocenters. The van der Waals surface area contributed by atoms with Gasteiger partial charge in [0.2, 0.25) is 11.7 Å². The quantitative estimate of drug-likeness (QED) is 0.503. The van der Waals surface area contributed by atoms with E-state index < -0.39 is 0 Å². The second kappa shape index (κ2) is 10.7. The third kappa shape index (κ3) is 6.02. The van der Waals surface area contributed by atoms with Crippen molar-refractivity contribution in [2.75, 3.05) is 21.3 Å². The predicted molar refractivity (Wildman–Crippen MR) is 120 cm³/mol. The van der Waals surface area contributed by atoms with Gasteiger partial charge in [-0.05, 0) is 53.6 Å². The molecule has 160 valence electrons. The van der Waals surface area contributed by atoms with Crippen molar-refractivity contribution in [1.82, 2.24) is 5.32 Å². The Balaban J connectivity index is 1.62. The molecule has 0 aliphatic heterocycles. The van der Waals surface area contributed by atoms with Crippen LogP contribution in [0.4, 0.5) is 0 Å². The van der Waals surface area contributed by atoms with E-state index in [0.717, 1.165) is 16.9 Å². The molecule has 0 radical (unpaired) electrons. The van der Waals surface area contributed by atoms with E-state index in [2.05, 4.69) is 5.32 Å². The van der Waals surface area contributed by atoms with Crippen molar-refractivity contribution in [1.29, 1.82) is 0 Å². The van der Waals surface area contributed by atoms with E-state index in [0.29, 0.717) is 29.5 Å². The molecule has 1 N–H and O–H groups in total. The van der Waals surface area contributed by atoms with Gasteiger partial charge in [0.15, 0.2) is 11.5 Å². The van der Waals surface area contributed by atoms with Crippen LogP contribution in [0.2, 0.25) is 0 Å². The van der Waals surface area contributed by atoms with Gasteiger partial charge in [0.1, 0.15) is 11.5 Å². The number of nitrogens with one attached hydrogen (secondary N) is 1. The third-order valence-electron chi connectivity index (χ3n) is 4.46. The van der Waals surface area contributed by atoms with Gasteiger partial charge >= 0.3 is 0 Å². The van der Waals surface area contributed by atoms with Crippen LogP contribution in [0.15, 0.2) is 72.8 Å². The lowest BCUT2D eigenvalue weighted by molar-refractivity contribution is -0.116. The number of para-hydroxylation sites is 1. The van der Waals surface area contributed by atoms with Crippen LogP contribution < -0.4 is 24.3 Å². The first kappa shape index (κ1) is 21.8. The molecule has 3 aromatic rings. The van der Waals surface area contributed by atoms with Gasteiger partial charge < -0.3 is 24.3 Å². The molecule has 31 heavy (non-hydrogen) atoms. The summed E-state index contributed by atoms with van der Waals surface area (Å²) in [5.74, 6) is 2.83. The largest absolute Gasteiger partial charge is 0.493 e. The fourth-order valence-corrected chi connectivity index (χ4v) is 2.96. The van der Waals surface area contributed by atoms with Crippen LogP contribution in [0.3, 0.4) is 0 Å². The number of hydrogen-bond donors (Lipinski definition) is 1. The highest BCUT2D eigenvalue weighted by Gasteiger charge is 2.13. The molecular formula is C25H25NO5. The Labute approximate surface area is 182 Å². The molecular weight excluding hydrogens is 394 g/mol. The fraction of sp³-hybridized carbons (Fsp3) is 0.160. The topological polar surface area (TPSA) is 66.0 Å². The third-order valence-corrected chi connectivity index (χ3v) is 4.46. The minimum atomic E-state index is -0.219. The van der Waals surface area contributed by atoms with Crippen LogP contribution in [0.1, 0.15) is 11.1 Å². The molecule has 0 heterocycles. The molecule has 3 rings (SSSR count). The van der Waals surface area contributed by atoms with Gasteiger partial charge in [-0.3, -0.25) is 4.79 Å². The lowest BCUT2D eigenvalue weighted by atomic mass is 10.1. The summed E-state index contributed by atoms with van der Waals surface area (Å²) in [5, 5.41) is 2.85. The first-order chi connectivity index (χ1) is 15.1. The Morgan fingerprint density at radius 3 is 2.16 bits per heavy atom. The number of amides is 1. The maximum atomic E-state index is 12.3. The van der Waals surface area contributed by atoms with E-state index >= 15 is 0 Å². The Morgan fingerprint density at radius 1 is 0.839 bits per heavy atom. The van der Waals surface area contributed by atoms with Crippen LogP contribution in [0.5, 0.6) is 28.7 Å². The Bertz CT molecular complexity index is 1020. The number of carbonyl (C=O) groups excluding carboxylic acids is 1. The summed E-state index contributed by atoms with van der Waals surface area (Å²) >= 11 is 0. The lowest BCUT2D eigenvalue weighted by Gasteiger charge is -2.14. The molecule has 0 aliphatic carbocycles. The molecule has 0 saturated carbocycles. The molecule has 6 heteroatoms. The van der Waals surface area contributed by atoms with E-state index in [1.165, 1.54) is 6.08 Å². The molecule has 0 bridgehead atoms. The van der Waals surface area contributed by atoms with Crippen molar-refractivity contribution >= 4 is 12.0 Å². The summed E-state index contributed by atoms with van der Waals surface area (Å²) in [6, 6.07) is 20.7. The summed E-state index contributed by atoms with van der Waals surface area (Å²) in [7, 11) is 4.66. The zero-order valence-electron chi connectivity index (χ0n) is 17.8. The summed E-state index contributed by atoms with van der Waals surface area (Å²) in [4.78, 5) is 12.3. The number of carbonyl (C=O) groups is 1. The van der Waals surface area contributed by atoms with Crippen LogP contribution in [-0.2, 0) is 11.3 Å². The van der Waals surface area contributed by atoms with E-state index in [9.17, 15) is 4.79 Å². The molecule has 0 atom stereocenters.